The van der Waals surface area contributed by atoms with E-state index in [0.717, 1.165) is 19.4 Å². The number of aliphatic hydroxyl groups is 1. The number of aromatic nitrogens is 2. The first-order valence-corrected chi connectivity index (χ1v) is 16.1. The molecule has 1 aromatic heterocycles. The summed E-state index contributed by atoms with van der Waals surface area (Å²) in [7, 11) is 0. The van der Waals surface area contributed by atoms with Gasteiger partial charge in [0.15, 0.2) is 5.82 Å². The highest BCUT2D eigenvalue weighted by Crippen LogP contribution is 2.45. The molecule has 244 valence electrons. The first-order valence-electron chi connectivity index (χ1n) is 15.7. The van der Waals surface area contributed by atoms with Crippen LogP contribution in [0.5, 0.6) is 11.8 Å². The lowest BCUT2D eigenvalue weighted by Gasteiger charge is -2.31. The SMILES string of the molecule is CCc1c(F)ccc2cc(O)cc(-c3c(Cl)cc4c(N5CCOCC(C)(O)C5)nc(OC[C@@]56CCCN5C[C@H](F)C6)nc4c3F)c12. The van der Waals surface area contributed by atoms with Crippen LogP contribution in [0.2, 0.25) is 5.02 Å². The van der Waals surface area contributed by atoms with E-state index in [4.69, 9.17) is 26.1 Å². The van der Waals surface area contributed by atoms with E-state index in [-0.39, 0.29) is 58.6 Å². The summed E-state index contributed by atoms with van der Waals surface area (Å²) >= 11 is 6.86. The van der Waals surface area contributed by atoms with Gasteiger partial charge in [-0.1, -0.05) is 24.6 Å². The summed E-state index contributed by atoms with van der Waals surface area (Å²) in [5.41, 5.74) is -1.25. The van der Waals surface area contributed by atoms with Crippen molar-refractivity contribution >= 4 is 39.1 Å². The van der Waals surface area contributed by atoms with Crippen molar-refractivity contribution in [3.63, 3.8) is 0 Å². The van der Waals surface area contributed by atoms with Gasteiger partial charge in [0.2, 0.25) is 0 Å². The summed E-state index contributed by atoms with van der Waals surface area (Å²) in [6.45, 7) is 5.61. The summed E-state index contributed by atoms with van der Waals surface area (Å²) in [6.07, 6.45) is 1.42. The van der Waals surface area contributed by atoms with Crippen LogP contribution < -0.4 is 9.64 Å². The molecule has 4 heterocycles. The van der Waals surface area contributed by atoms with Crippen LogP contribution in [0.4, 0.5) is 19.0 Å². The van der Waals surface area contributed by atoms with E-state index in [1.54, 1.807) is 24.8 Å². The molecule has 3 aliphatic heterocycles. The van der Waals surface area contributed by atoms with Gasteiger partial charge in [-0.25, -0.2) is 13.2 Å². The summed E-state index contributed by atoms with van der Waals surface area (Å²) < 4.78 is 58.3. The van der Waals surface area contributed by atoms with Gasteiger partial charge in [-0.3, -0.25) is 4.90 Å². The smallest absolute Gasteiger partial charge is 0.319 e. The third kappa shape index (κ3) is 5.40. The van der Waals surface area contributed by atoms with Gasteiger partial charge in [0.05, 0.1) is 30.3 Å². The number of hydrogen-bond acceptors (Lipinski definition) is 8. The zero-order valence-corrected chi connectivity index (χ0v) is 26.5. The number of ether oxygens (including phenoxy) is 2. The van der Waals surface area contributed by atoms with Crippen molar-refractivity contribution in [3.8, 4) is 22.9 Å². The second-order valence-electron chi connectivity index (χ2n) is 13.1. The fraction of sp³-hybridized carbons (Fsp3) is 0.471. The molecule has 3 aromatic carbocycles. The molecule has 3 fully saturated rings. The summed E-state index contributed by atoms with van der Waals surface area (Å²) in [5, 5.41) is 22.9. The van der Waals surface area contributed by atoms with Crippen LogP contribution in [0.1, 0.15) is 38.7 Å². The van der Waals surface area contributed by atoms with Crippen molar-refractivity contribution in [3.05, 3.63) is 52.6 Å². The third-order valence-electron chi connectivity index (χ3n) is 9.60. The van der Waals surface area contributed by atoms with Crippen molar-refractivity contribution in [2.24, 2.45) is 0 Å². The highest BCUT2D eigenvalue weighted by molar-refractivity contribution is 6.35. The number of phenols is 1. The molecule has 0 aliphatic carbocycles. The number of alkyl halides is 1. The van der Waals surface area contributed by atoms with Gasteiger partial charge in [0, 0.05) is 30.5 Å². The Bertz CT molecular complexity index is 1840. The molecule has 0 spiro atoms. The quantitative estimate of drug-likeness (QED) is 0.254. The number of β-amino-alcohol motifs (C(OH)–C–C–N with tert-alkyl or cyclic N) is 1. The van der Waals surface area contributed by atoms with Gasteiger partial charge in [-0.05, 0) is 78.9 Å². The number of rotatable bonds is 6. The number of aromatic hydroxyl groups is 1. The fourth-order valence-electron chi connectivity index (χ4n) is 7.59. The summed E-state index contributed by atoms with van der Waals surface area (Å²) in [5.74, 6) is -1.07. The number of hydrogen-bond donors (Lipinski definition) is 2. The lowest BCUT2D eigenvalue weighted by molar-refractivity contribution is -0.0123. The first-order chi connectivity index (χ1) is 22.0. The molecular formula is C34H36ClF3N4O4. The van der Waals surface area contributed by atoms with E-state index in [2.05, 4.69) is 9.88 Å². The number of halogens is 4. The molecule has 1 unspecified atom stereocenters. The molecule has 2 N–H and O–H groups in total. The molecule has 0 saturated carbocycles. The Morgan fingerprint density at radius 1 is 1.17 bits per heavy atom. The van der Waals surface area contributed by atoms with Gasteiger partial charge < -0.3 is 24.6 Å². The molecular weight excluding hydrogens is 621 g/mol. The molecule has 12 heteroatoms. The molecule has 0 bridgehead atoms. The molecule has 3 saturated heterocycles. The van der Waals surface area contributed by atoms with Gasteiger partial charge in [-0.15, -0.1) is 0 Å². The van der Waals surface area contributed by atoms with Crippen molar-refractivity contribution in [2.45, 2.75) is 56.8 Å². The Labute approximate surface area is 269 Å². The average molecular weight is 657 g/mol. The van der Waals surface area contributed by atoms with Crippen LogP contribution in [0.15, 0.2) is 30.3 Å². The zero-order chi connectivity index (χ0) is 32.4. The van der Waals surface area contributed by atoms with E-state index in [9.17, 15) is 14.6 Å². The van der Waals surface area contributed by atoms with Crippen LogP contribution in [-0.4, -0.2) is 88.4 Å². The normalized spacial score (nSPS) is 25.4. The topological polar surface area (TPSA) is 91.2 Å². The lowest BCUT2D eigenvalue weighted by Crippen LogP contribution is -2.44. The van der Waals surface area contributed by atoms with Crippen LogP contribution in [0.3, 0.4) is 0 Å². The molecule has 8 nitrogen and oxygen atoms in total. The maximum atomic E-state index is 17.0. The molecule has 46 heavy (non-hydrogen) atoms. The maximum Gasteiger partial charge on any atom is 0.319 e. The molecule has 3 aliphatic rings. The van der Waals surface area contributed by atoms with Gasteiger partial charge in [-0.2, -0.15) is 9.97 Å². The summed E-state index contributed by atoms with van der Waals surface area (Å²) in [6, 6.07) is 7.20. The second kappa shape index (κ2) is 11.7. The van der Waals surface area contributed by atoms with E-state index in [1.165, 1.54) is 24.3 Å². The molecule has 0 amide bonds. The predicted molar refractivity (Wildman–Crippen MR) is 171 cm³/mol. The predicted octanol–water partition coefficient (Wildman–Crippen LogP) is 6.19. The Balaban J connectivity index is 1.42. The molecule has 7 rings (SSSR count). The fourth-order valence-corrected chi connectivity index (χ4v) is 7.88. The van der Waals surface area contributed by atoms with Crippen molar-refractivity contribution < 1.29 is 32.9 Å². The monoisotopic (exact) mass is 656 g/mol. The maximum absolute atomic E-state index is 17.0. The van der Waals surface area contributed by atoms with Gasteiger partial charge in [0.1, 0.15) is 41.3 Å². The Morgan fingerprint density at radius 3 is 2.80 bits per heavy atom. The van der Waals surface area contributed by atoms with Crippen molar-refractivity contribution in [2.75, 3.05) is 50.9 Å². The zero-order valence-electron chi connectivity index (χ0n) is 25.8. The van der Waals surface area contributed by atoms with E-state index in [1.807, 2.05) is 0 Å². The van der Waals surface area contributed by atoms with E-state index in [0.29, 0.717) is 54.7 Å². The minimum absolute atomic E-state index is 0.0139. The first kappa shape index (κ1) is 31.2. The number of benzene rings is 3. The summed E-state index contributed by atoms with van der Waals surface area (Å²) in [4.78, 5) is 13.1. The van der Waals surface area contributed by atoms with E-state index < -0.39 is 28.9 Å². The van der Waals surface area contributed by atoms with E-state index >= 15 is 8.78 Å². The highest BCUT2D eigenvalue weighted by Gasteiger charge is 2.49. The Morgan fingerprint density at radius 2 is 2.00 bits per heavy atom. The second-order valence-corrected chi connectivity index (χ2v) is 13.5. The lowest BCUT2D eigenvalue weighted by atomic mass is 9.92. The minimum atomic E-state index is -1.22. The molecule has 0 radical (unpaired) electrons. The van der Waals surface area contributed by atoms with Gasteiger partial charge >= 0.3 is 6.01 Å². The standard InChI is InChI=1S/C34H36ClF3N4O4/c1-3-22-26(37)6-5-19-11-21(43)12-23(27(19)22)28-25(35)13-24-30(29(28)38)39-32(40-31(24)41-9-10-45-17-33(2,44)16-41)46-18-34-7-4-8-42(34)15-20(36)14-34/h5-6,11-13,20,43-44H,3-4,7-10,14-18H2,1-2H3/t20-,33?,34+/m1/s1. The van der Waals surface area contributed by atoms with Crippen molar-refractivity contribution in [1.82, 2.24) is 14.9 Å². The highest BCUT2D eigenvalue weighted by atomic mass is 35.5. The Hall–Kier alpha value is -3.38. The Kier molecular flexibility index (Phi) is 7.94. The third-order valence-corrected chi connectivity index (χ3v) is 9.90. The molecule has 3 atom stereocenters. The van der Waals surface area contributed by atoms with Crippen LogP contribution in [-0.2, 0) is 11.2 Å². The van der Waals surface area contributed by atoms with Crippen LogP contribution in [0, 0.1) is 11.6 Å². The minimum Gasteiger partial charge on any atom is -0.508 e. The average Bonchev–Trinajstić information content (AvgIpc) is 3.46. The van der Waals surface area contributed by atoms with Crippen LogP contribution in [0.25, 0.3) is 32.8 Å². The van der Waals surface area contributed by atoms with Crippen LogP contribution >= 0.6 is 11.6 Å². The number of fused-ring (bicyclic) bond motifs is 3. The number of nitrogens with zero attached hydrogens (tertiary/aromatic N) is 4. The number of phenolic OH excluding ortho intramolecular Hbond substituents is 1. The van der Waals surface area contributed by atoms with Gasteiger partial charge in [0.25, 0.3) is 0 Å². The number of aryl methyl sites for hydroxylation is 1. The largest absolute Gasteiger partial charge is 0.508 e. The van der Waals surface area contributed by atoms with Crippen molar-refractivity contribution in [1.29, 1.82) is 0 Å². The molecule has 4 aromatic rings. The number of anilines is 1.